The molecular weight excluding hydrogens is 380 g/mol. The maximum atomic E-state index is 12.1. The Morgan fingerprint density at radius 2 is 1.74 bits per heavy atom. The predicted molar refractivity (Wildman–Crippen MR) is 109 cm³/mol. The third kappa shape index (κ3) is 4.63. The van der Waals surface area contributed by atoms with Gasteiger partial charge in [0, 0.05) is 20.3 Å². The van der Waals surface area contributed by atoms with Gasteiger partial charge >= 0.3 is 11.8 Å². The predicted octanol–water partition coefficient (Wildman–Crippen LogP) is 3.76. The second-order valence-electron chi connectivity index (χ2n) is 6.13. The van der Waals surface area contributed by atoms with E-state index in [0.717, 1.165) is 25.8 Å². The monoisotopic (exact) mass is 400 g/mol. The van der Waals surface area contributed by atoms with Gasteiger partial charge in [0.15, 0.2) is 0 Å². The first-order chi connectivity index (χ1) is 13.0. The number of thiophene rings is 2. The molecular formula is C20H20N2O3S2. The average Bonchev–Trinajstić information content (AvgIpc) is 3.34. The SMILES string of the molecule is Cc1cccc(C)c1NC(=O)C(=O)NCc1ccc(C(O)c2cccs2)s1. The van der Waals surface area contributed by atoms with Crippen LogP contribution in [-0.2, 0) is 16.1 Å². The molecule has 0 spiro atoms. The molecule has 2 aromatic heterocycles. The number of nitrogens with one attached hydrogen (secondary N) is 2. The summed E-state index contributed by atoms with van der Waals surface area (Å²) < 4.78 is 0. The third-order valence-electron chi connectivity index (χ3n) is 4.11. The molecule has 0 fully saturated rings. The van der Waals surface area contributed by atoms with Crippen LogP contribution in [-0.4, -0.2) is 16.9 Å². The van der Waals surface area contributed by atoms with E-state index < -0.39 is 17.9 Å². The molecule has 3 rings (SSSR count). The van der Waals surface area contributed by atoms with E-state index in [4.69, 9.17) is 0 Å². The Balaban J connectivity index is 1.57. The Kier molecular flexibility index (Phi) is 6.05. The minimum Gasteiger partial charge on any atom is -0.382 e. The number of carbonyl (C=O) groups is 2. The van der Waals surface area contributed by atoms with Crippen molar-refractivity contribution in [2.24, 2.45) is 0 Å². The number of para-hydroxylation sites is 1. The normalized spacial score (nSPS) is 11.8. The number of hydrogen-bond acceptors (Lipinski definition) is 5. The summed E-state index contributed by atoms with van der Waals surface area (Å²) in [6.07, 6.45) is -0.660. The van der Waals surface area contributed by atoms with Crippen LogP contribution in [0.4, 0.5) is 5.69 Å². The zero-order valence-corrected chi connectivity index (χ0v) is 16.6. The molecule has 7 heteroatoms. The molecule has 2 heterocycles. The summed E-state index contributed by atoms with van der Waals surface area (Å²) in [5.41, 5.74) is 2.47. The van der Waals surface area contributed by atoms with E-state index in [9.17, 15) is 14.7 Å². The standard InChI is InChI=1S/C20H20N2O3S2/c1-12-5-3-6-13(2)17(12)22-20(25)19(24)21-11-14-8-9-16(27-14)18(23)15-7-4-10-26-15/h3-10,18,23H,11H2,1-2H3,(H,21,24)(H,22,25). The molecule has 0 aliphatic rings. The molecule has 1 unspecified atom stereocenters. The van der Waals surface area contributed by atoms with E-state index >= 15 is 0 Å². The van der Waals surface area contributed by atoms with Gasteiger partial charge in [0.25, 0.3) is 0 Å². The molecule has 5 nitrogen and oxygen atoms in total. The maximum absolute atomic E-state index is 12.1. The number of anilines is 1. The highest BCUT2D eigenvalue weighted by Gasteiger charge is 2.17. The van der Waals surface area contributed by atoms with Crippen LogP contribution in [0, 0.1) is 13.8 Å². The summed E-state index contributed by atoms with van der Waals surface area (Å²) in [5.74, 6) is -1.38. The highest BCUT2D eigenvalue weighted by Crippen LogP contribution is 2.30. The lowest BCUT2D eigenvalue weighted by Crippen LogP contribution is -2.35. The van der Waals surface area contributed by atoms with Crippen LogP contribution >= 0.6 is 22.7 Å². The summed E-state index contributed by atoms with van der Waals surface area (Å²) in [4.78, 5) is 26.8. The molecule has 2 amide bonds. The second kappa shape index (κ2) is 8.47. The molecule has 0 aliphatic carbocycles. The van der Waals surface area contributed by atoms with Crippen molar-refractivity contribution in [1.29, 1.82) is 0 Å². The van der Waals surface area contributed by atoms with Gasteiger partial charge in [0.05, 0.1) is 6.54 Å². The molecule has 0 bridgehead atoms. The number of amides is 2. The van der Waals surface area contributed by atoms with Crippen molar-refractivity contribution < 1.29 is 14.7 Å². The summed E-state index contributed by atoms with van der Waals surface area (Å²) in [6, 6.07) is 13.1. The van der Waals surface area contributed by atoms with Crippen LogP contribution < -0.4 is 10.6 Å². The highest BCUT2D eigenvalue weighted by molar-refractivity contribution is 7.12. The molecule has 27 heavy (non-hydrogen) atoms. The van der Waals surface area contributed by atoms with Crippen LogP contribution in [0.5, 0.6) is 0 Å². The van der Waals surface area contributed by atoms with Crippen molar-refractivity contribution in [2.45, 2.75) is 26.5 Å². The lowest BCUT2D eigenvalue weighted by atomic mass is 10.1. The number of aliphatic hydroxyl groups excluding tert-OH is 1. The first kappa shape index (κ1) is 19.3. The number of aliphatic hydroxyl groups is 1. The van der Waals surface area contributed by atoms with E-state index in [0.29, 0.717) is 5.69 Å². The molecule has 0 saturated heterocycles. The summed E-state index contributed by atoms with van der Waals surface area (Å²) in [7, 11) is 0. The minimum atomic E-state index is -0.692. The first-order valence-electron chi connectivity index (χ1n) is 8.41. The van der Waals surface area contributed by atoms with E-state index in [1.165, 1.54) is 22.7 Å². The van der Waals surface area contributed by atoms with E-state index in [1.807, 2.05) is 61.7 Å². The van der Waals surface area contributed by atoms with Crippen LogP contribution in [0.1, 0.15) is 31.9 Å². The zero-order valence-electron chi connectivity index (χ0n) is 15.0. The molecule has 1 aromatic carbocycles. The quantitative estimate of drug-likeness (QED) is 0.571. The smallest absolute Gasteiger partial charge is 0.313 e. The highest BCUT2D eigenvalue weighted by atomic mass is 32.1. The molecule has 3 N–H and O–H groups in total. The van der Waals surface area contributed by atoms with Gasteiger partial charge in [-0.3, -0.25) is 9.59 Å². The first-order valence-corrected chi connectivity index (χ1v) is 10.1. The van der Waals surface area contributed by atoms with Crippen LogP contribution in [0.3, 0.4) is 0 Å². The third-order valence-corrected chi connectivity index (χ3v) is 6.18. The fourth-order valence-corrected chi connectivity index (χ4v) is 4.41. The Labute approximate surface area is 165 Å². The molecule has 1 atom stereocenters. The molecule has 0 aliphatic heterocycles. The fraction of sp³-hybridized carbons (Fsp3) is 0.200. The van der Waals surface area contributed by atoms with Crippen molar-refractivity contribution >= 4 is 40.2 Å². The van der Waals surface area contributed by atoms with Gasteiger partial charge in [-0.2, -0.15) is 0 Å². The Morgan fingerprint density at radius 1 is 1.00 bits per heavy atom. The number of carbonyl (C=O) groups excluding carboxylic acids is 2. The summed E-state index contributed by atoms with van der Waals surface area (Å²) in [5, 5.41) is 17.6. The van der Waals surface area contributed by atoms with E-state index in [-0.39, 0.29) is 6.54 Å². The van der Waals surface area contributed by atoms with E-state index in [1.54, 1.807) is 0 Å². The lowest BCUT2D eigenvalue weighted by Gasteiger charge is -2.11. The molecule has 0 radical (unpaired) electrons. The van der Waals surface area contributed by atoms with Gasteiger partial charge in [0.2, 0.25) is 0 Å². The van der Waals surface area contributed by atoms with Crippen molar-refractivity contribution in [3.8, 4) is 0 Å². The minimum absolute atomic E-state index is 0.237. The van der Waals surface area contributed by atoms with Gasteiger partial charge in [-0.05, 0) is 48.6 Å². The average molecular weight is 401 g/mol. The fourth-order valence-electron chi connectivity index (χ4n) is 2.65. The van der Waals surface area contributed by atoms with E-state index in [2.05, 4.69) is 10.6 Å². The number of benzene rings is 1. The van der Waals surface area contributed by atoms with Gasteiger partial charge in [0.1, 0.15) is 6.10 Å². The lowest BCUT2D eigenvalue weighted by molar-refractivity contribution is -0.136. The Bertz CT molecular complexity index is 928. The molecule has 0 saturated carbocycles. The molecule has 140 valence electrons. The summed E-state index contributed by atoms with van der Waals surface area (Å²) >= 11 is 2.91. The van der Waals surface area contributed by atoms with Crippen LogP contribution in [0.25, 0.3) is 0 Å². The van der Waals surface area contributed by atoms with Crippen molar-refractivity contribution in [1.82, 2.24) is 5.32 Å². The number of hydrogen-bond donors (Lipinski definition) is 3. The Morgan fingerprint density at radius 3 is 2.41 bits per heavy atom. The van der Waals surface area contributed by atoms with Crippen LogP contribution in [0.15, 0.2) is 47.8 Å². The second-order valence-corrected chi connectivity index (χ2v) is 8.30. The Hall–Kier alpha value is -2.48. The van der Waals surface area contributed by atoms with Crippen molar-refractivity contribution in [3.63, 3.8) is 0 Å². The maximum Gasteiger partial charge on any atom is 0.313 e. The van der Waals surface area contributed by atoms with Crippen molar-refractivity contribution in [2.75, 3.05) is 5.32 Å². The largest absolute Gasteiger partial charge is 0.382 e. The number of rotatable bonds is 5. The van der Waals surface area contributed by atoms with Gasteiger partial charge in [-0.25, -0.2) is 0 Å². The van der Waals surface area contributed by atoms with Crippen molar-refractivity contribution in [3.05, 3.63) is 73.6 Å². The van der Waals surface area contributed by atoms with Gasteiger partial charge < -0.3 is 15.7 Å². The zero-order chi connectivity index (χ0) is 19.4. The topological polar surface area (TPSA) is 78.4 Å². The van der Waals surface area contributed by atoms with Crippen LogP contribution in [0.2, 0.25) is 0 Å². The summed E-state index contributed by atoms with van der Waals surface area (Å²) in [6.45, 7) is 4.00. The van der Waals surface area contributed by atoms with Gasteiger partial charge in [-0.1, -0.05) is 24.3 Å². The molecule has 3 aromatic rings. The number of aryl methyl sites for hydroxylation is 2. The van der Waals surface area contributed by atoms with Gasteiger partial charge in [-0.15, -0.1) is 22.7 Å².